The minimum atomic E-state index is -1.70. The summed E-state index contributed by atoms with van der Waals surface area (Å²) < 4.78 is 6.50. The van der Waals surface area contributed by atoms with Crippen LogP contribution in [0.25, 0.3) is 0 Å². The predicted octanol–water partition coefficient (Wildman–Crippen LogP) is 5.44. The van der Waals surface area contributed by atoms with E-state index in [9.17, 15) is 0 Å². The maximum absolute atomic E-state index is 6.50. The molecule has 0 amide bonds. The molecule has 0 spiro atoms. The van der Waals surface area contributed by atoms with Crippen LogP contribution in [0.15, 0.2) is 60.7 Å². The molecule has 0 saturated carbocycles. The highest BCUT2D eigenvalue weighted by Gasteiger charge is 2.38. The fourth-order valence-corrected chi connectivity index (χ4v) is 4.73. The summed E-state index contributed by atoms with van der Waals surface area (Å²) in [5.41, 5.74) is 2.76. The Morgan fingerprint density at radius 1 is 0.931 bits per heavy atom. The van der Waals surface area contributed by atoms with Crippen LogP contribution in [0.1, 0.15) is 38.3 Å². The first-order valence-corrected chi connectivity index (χ1v) is 13.8. The van der Waals surface area contributed by atoms with Crippen molar-refractivity contribution in [2.24, 2.45) is 0 Å². The zero-order valence-corrected chi connectivity index (χ0v) is 19.8. The largest absolute Gasteiger partial charge is 0.415 e. The molecule has 0 unspecified atom stereocenters. The van der Waals surface area contributed by atoms with Gasteiger partial charge in [-0.2, -0.15) is 0 Å². The standard InChI is InChI=1S/C25H38N2OSi/c1-25(2,3)29(4,5)28-20-23-16-24(17-26-23)27(18-21-12-8-6-9-13-21)19-22-14-10-7-11-15-22/h6-15,23-24,26H,16-20H2,1-5H3/t23-,24-/m0/s1. The highest BCUT2D eigenvalue weighted by molar-refractivity contribution is 6.74. The molecule has 1 fully saturated rings. The summed E-state index contributed by atoms with van der Waals surface area (Å²) in [6, 6.07) is 22.7. The Labute approximate surface area is 178 Å². The summed E-state index contributed by atoms with van der Waals surface area (Å²) >= 11 is 0. The van der Waals surface area contributed by atoms with Gasteiger partial charge in [0.15, 0.2) is 8.32 Å². The smallest absolute Gasteiger partial charge is 0.192 e. The van der Waals surface area contributed by atoms with Crippen molar-refractivity contribution in [1.82, 2.24) is 10.2 Å². The van der Waals surface area contributed by atoms with E-state index in [0.717, 1.165) is 32.7 Å². The van der Waals surface area contributed by atoms with Crippen LogP contribution in [0.5, 0.6) is 0 Å². The average molecular weight is 411 g/mol. The van der Waals surface area contributed by atoms with Crippen molar-refractivity contribution >= 4 is 8.32 Å². The monoisotopic (exact) mass is 410 g/mol. The van der Waals surface area contributed by atoms with Crippen LogP contribution in [0.3, 0.4) is 0 Å². The number of hydrogen-bond acceptors (Lipinski definition) is 3. The van der Waals surface area contributed by atoms with Gasteiger partial charge in [-0.3, -0.25) is 4.90 Å². The van der Waals surface area contributed by atoms with Gasteiger partial charge in [-0.05, 0) is 35.7 Å². The van der Waals surface area contributed by atoms with Gasteiger partial charge in [-0.25, -0.2) is 0 Å². The highest BCUT2D eigenvalue weighted by Crippen LogP contribution is 2.36. The van der Waals surface area contributed by atoms with Crippen molar-refractivity contribution in [1.29, 1.82) is 0 Å². The van der Waals surface area contributed by atoms with E-state index in [1.165, 1.54) is 11.1 Å². The minimum absolute atomic E-state index is 0.262. The molecule has 3 rings (SSSR count). The topological polar surface area (TPSA) is 24.5 Å². The fraction of sp³-hybridized carbons (Fsp3) is 0.520. The Hall–Kier alpha value is -1.46. The number of hydrogen-bond donors (Lipinski definition) is 1. The number of benzene rings is 2. The molecule has 0 aliphatic carbocycles. The Kier molecular flexibility index (Phi) is 7.33. The molecule has 2 atom stereocenters. The van der Waals surface area contributed by atoms with Gasteiger partial charge in [-0.15, -0.1) is 0 Å². The van der Waals surface area contributed by atoms with Crippen molar-refractivity contribution in [3.8, 4) is 0 Å². The van der Waals surface area contributed by atoms with Crippen LogP contribution >= 0.6 is 0 Å². The zero-order chi connectivity index (χ0) is 20.9. The molecule has 0 bridgehead atoms. The summed E-state index contributed by atoms with van der Waals surface area (Å²) in [4.78, 5) is 2.63. The van der Waals surface area contributed by atoms with Crippen LogP contribution in [0.4, 0.5) is 0 Å². The third kappa shape index (κ3) is 6.26. The van der Waals surface area contributed by atoms with Crippen molar-refractivity contribution < 1.29 is 4.43 Å². The Morgan fingerprint density at radius 2 is 1.45 bits per heavy atom. The quantitative estimate of drug-likeness (QED) is 0.586. The minimum Gasteiger partial charge on any atom is -0.415 e. The molecule has 29 heavy (non-hydrogen) atoms. The lowest BCUT2D eigenvalue weighted by Gasteiger charge is -2.37. The predicted molar refractivity (Wildman–Crippen MR) is 125 cm³/mol. The molecule has 2 aromatic carbocycles. The van der Waals surface area contributed by atoms with Crippen LogP contribution in [0.2, 0.25) is 18.1 Å². The molecule has 1 heterocycles. The Balaban J connectivity index is 1.63. The Morgan fingerprint density at radius 3 is 1.93 bits per heavy atom. The summed E-state index contributed by atoms with van der Waals surface area (Å²) in [7, 11) is -1.70. The van der Waals surface area contributed by atoms with E-state index in [1.807, 2.05) is 0 Å². The number of rotatable bonds is 8. The van der Waals surface area contributed by atoms with E-state index < -0.39 is 8.32 Å². The van der Waals surface area contributed by atoms with Crippen molar-refractivity contribution in [2.45, 2.75) is 70.5 Å². The van der Waals surface area contributed by atoms with E-state index in [-0.39, 0.29) is 5.04 Å². The van der Waals surface area contributed by atoms with Crippen molar-refractivity contribution in [3.63, 3.8) is 0 Å². The van der Waals surface area contributed by atoms with Gasteiger partial charge in [0, 0.05) is 38.3 Å². The lowest BCUT2D eigenvalue weighted by molar-refractivity contribution is 0.182. The molecule has 1 aliphatic heterocycles. The highest BCUT2D eigenvalue weighted by atomic mass is 28.4. The fourth-order valence-electron chi connectivity index (χ4n) is 3.68. The summed E-state index contributed by atoms with van der Waals surface area (Å²) in [5.74, 6) is 0. The van der Waals surface area contributed by atoms with Crippen LogP contribution < -0.4 is 5.32 Å². The summed E-state index contributed by atoms with van der Waals surface area (Å²) in [6.45, 7) is 15.5. The second-order valence-electron chi connectivity index (χ2n) is 9.94. The molecular formula is C25H38N2OSi. The molecule has 3 nitrogen and oxygen atoms in total. The summed E-state index contributed by atoms with van der Waals surface area (Å²) in [6.07, 6.45) is 1.15. The van der Waals surface area contributed by atoms with E-state index in [0.29, 0.717) is 12.1 Å². The average Bonchev–Trinajstić information content (AvgIpc) is 3.16. The molecule has 2 aromatic rings. The van der Waals surface area contributed by atoms with Gasteiger partial charge in [-0.1, -0.05) is 81.4 Å². The zero-order valence-electron chi connectivity index (χ0n) is 18.8. The van der Waals surface area contributed by atoms with E-state index >= 15 is 0 Å². The third-order valence-corrected chi connectivity index (χ3v) is 11.1. The van der Waals surface area contributed by atoms with Crippen molar-refractivity contribution in [3.05, 3.63) is 71.8 Å². The number of nitrogens with zero attached hydrogens (tertiary/aromatic N) is 1. The molecule has 0 radical (unpaired) electrons. The van der Waals surface area contributed by atoms with Gasteiger partial charge in [0.1, 0.15) is 0 Å². The van der Waals surface area contributed by atoms with E-state index in [2.05, 4.69) is 105 Å². The molecule has 0 aromatic heterocycles. The normalized spacial score (nSPS) is 20.3. The van der Waals surface area contributed by atoms with Gasteiger partial charge in [0.05, 0.1) is 0 Å². The molecule has 1 aliphatic rings. The van der Waals surface area contributed by atoms with Crippen molar-refractivity contribution in [2.75, 3.05) is 13.2 Å². The first-order chi connectivity index (χ1) is 13.7. The molecule has 1 saturated heterocycles. The van der Waals surface area contributed by atoms with E-state index in [1.54, 1.807) is 0 Å². The van der Waals surface area contributed by atoms with Gasteiger partial charge >= 0.3 is 0 Å². The third-order valence-electron chi connectivity index (χ3n) is 6.62. The second kappa shape index (κ2) is 9.56. The van der Waals surface area contributed by atoms with Gasteiger partial charge in [0.25, 0.3) is 0 Å². The van der Waals surface area contributed by atoms with Gasteiger partial charge in [0.2, 0.25) is 0 Å². The first-order valence-electron chi connectivity index (χ1n) is 10.9. The maximum Gasteiger partial charge on any atom is 0.192 e. The number of nitrogens with one attached hydrogen (secondary N) is 1. The Bertz CT molecular complexity index is 701. The lowest BCUT2D eigenvalue weighted by atomic mass is 10.1. The molecule has 1 N–H and O–H groups in total. The SMILES string of the molecule is CC(C)(C)[Si](C)(C)OC[C@@H]1C[C@H](N(Cc2ccccc2)Cc2ccccc2)CN1. The lowest BCUT2D eigenvalue weighted by Crippen LogP contribution is -2.43. The molecule has 158 valence electrons. The molecular weight excluding hydrogens is 372 g/mol. The first kappa shape index (κ1) is 22.2. The molecule has 4 heteroatoms. The maximum atomic E-state index is 6.50. The van der Waals surface area contributed by atoms with Crippen LogP contribution in [-0.4, -0.2) is 38.5 Å². The van der Waals surface area contributed by atoms with E-state index in [4.69, 9.17) is 4.43 Å². The van der Waals surface area contributed by atoms with Crippen LogP contribution in [0, 0.1) is 0 Å². The summed E-state index contributed by atoms with van der Waals surface area (Å²) in [5, 5.41) is 4.00. The van der Waals surface area contributed by atoms with Crippen LogP contribution in [-0.2, 0) is 17.5 Å². The van der Waals surface area contributed by atoms with Gasteiger partial charge < -0.3 is 9.74 Å². The second-order valence-corrected chi connectivity index (χ2v) is 14.8.